The first-order valence-corrected chi connectivity index (χ1v) is 10.7. The monoisotopic (exact) mass is 459 g/mol. The first kappa shape index (κ1) is 24.4. The Morgan fingerprint density at radius 3 is 2.48 bits per heavy atom. The molecule has 0 radical (unpaired) electrons. The first-order chi connectivity index (χ1) is 15.8. The summed E-state index contributed by atoms with van der Waals surface area (Å²) in [7, 11) is 1.57. The van der Waals surface area contributed by atoms with Crippen LogP contribution in [0.3, 0.4) is 0 Å². The molecule has 33 heavy (non-hydrogen) atoms. The van der Waals surface area contributed by atoms with Crippen molar-refractivity contribution in [3.8, 4) is 0 Å². The maximum atomic E-state index is 13.1. The van der Waals surface area contributed by atoms with Crippen molar-refractivity contribution in [2.24, 2.45) is 0 Å². The van der Waals surface area contributed by atoms with Crippen molar-refractivity contribution in [1.82, 2.24) is 9.47 Å². The molecule has 176 valence electrons. The van der Waals surface area contributed by atoms with E-state index in [1.807, 2.05) is 41.0 Å². The lowest BCUT2D eigenvalue weighted by Gasteiger charge is -2.24. The summed E-state index contributed by atoms with van der Waals surface area (Å²) in [5, 5.41) is 2.91. The molecule has 0 spiro atoms. The van der Waals surface area contributed by atoms with Crippen LogP contribution in [0.1, 0.15) is 29.3 Å². The number of benzene rings is 2. The van der Waals surface area contributed by atoms with Crippen molar-refractivity contribution in [2.75, 3.05) is 25.6 Å². The Bertz CT molecular complexity index is 1050. The number of aryl methyl sites for hydroxylation is 1. The number of carbonyl (C=O) groups is 1. The molecule has 0 unspecified atom stereocenters. The van der Waals surface area contributed by atoms with Crippen molar-refractivity contribution in [2.45, 2.75) is 32.6 Å². The average molecular weight is 460 g/mol. The summed E-state index contributed by atoms with van der Waals surface area (Å²) < 4.78 is 46.2. The van der Waals surface area contributed by atoms with E-state index in [1.165, 1.54) is 11.6 Å². The number of nitrogens with zero attached hydrogens (tertiary/aromatic N) is 2. The van der Waals surface area contributed by atoms with Crippen molar-refractivity contribution >= 4 is 11.7 Å². The van der Waals surface area contributed by atoms with E-state index in [9.17, 15) is 18.0 Å². The summed E-state index contributed by atoms with van der Waals surface area (Å²) in [6.07, 6.45) is -1.68. The zero-order chi connectivity index (χ0) is 23.8. The van der Waals surface area contributed by atoms with Crippen LogP contribution in [0.4, 0.5) is 23.7 Å². The molecule has 8 heteroatoms. The fourth-order valence-corrected chi connectivity index (χ4v) is 3.47. The van der Waals surface area contributed by atoms with Gasteiger partial charge in [-0.25, -0.2) is 4.79 Å². The van der Waals surface area contributed by atoms with Crippen LogP contribution in [0.5, 0.6) is 0 Å². The SMILES string of the molecule is CCc1ccc(NC(=O)N(CCOC)Cc2cccn2Cc2cccc(C(F)(F)F)c2)cc1. The highest BCUT2D eigenvalue weighted by Gasteiger charge is 2.30. The second kappa shape index (κ2) is 11.0. The third-order valence-corrected chi connectivity index (χ3v) is 5.35. The second-order valence-corrected chi connectivity index (χ2v) is 7.72. The zero-order valence-electron chi connectivity index (χ0n) is 18.7. The number of aromatic nitrogens is 1. The smallest absolute Gasteiger partial charge is 0.383 e. The first-order valence-electron chi connectivity index (χ1n) is 10.7. The van der Waals surface area contributed by atoms with Gasteiger partial charge >= 0.3 is 12.2 Å². The van der Waals surface area contributed by atoms with Crippen LogP contribution in [0.25, 0.3) is 0 Å². The van der Waals surface area contributed by atoms with Gasteiger partial charge in [-0.1, -0.05) is 31.2 Å². The van der Waals surface area contributed by atoms with E-state index in [4.69, 9.17) is 4.74 Å². The summed E-state index contributed by atoms with van der Waals surface area (Å²) in [4.78, 5) is 14.6. The van der Waals surface area contributed by atoms with Gasteiger partial charge in [0.2, 0.25) is 0 Å². The molecule has 1 heterocycles. The fraction of sp³-hybridized carbons (Fsp3) is 0.320. The predicted octanol–water partition coefficient (Wildman–Crippen LogP) is 5.80. The second-order valence-electron chi connectivity index (χ2n) is 7.72. The molecule has 2 amide bonds. The number of methoxy groups -OCH3 is 1. The summed E-state index contributed by atoms with van der Waals surface area (Å²) in [5.74, 6) is 0. The molecule has 0 bridgehead atoms. The van der Waals surface area contributed by atoms with E-state index >= 15 is 0 Å². The third kappa shape index (κ3) is 6.86. The molecular formula is C25H28F3N3O2. The quantitative estimate of drug-likeness (QED) is 0.440. The Kier molecular flexibility index (Phi) is 8.16. The number of nitrogens with one attached hydrogen (secondary N) is 1. The lowest BCUT2D eigenvalue weighted by Crippen LogP contribution is -2.37. The molecule has 0 aliphatic rings. The molecule has 1 aromatic heterocycles. The molecule has 0 saturated carbocycles. The van der Waals surface area contributed by atoms with Crippen LogP contribution in [-0.4, -0.2) is 35.8 Å². The number of carbonyl (C=O) groups excluding carboxylic acids is 1. The number of alkyl halides is 3. The van der Waals surface area contributed by atoms with Crippen LogP contribution in [0.2, 0.25) is 0 Å². The van der Waals surface area contributed by atoms with Crippen LogP contribution >= 0.6 is 0 Å². The van der Waals surface area contributed by atoms with Gasteiger partial charge in [0.15, 0.2) is 0 Å². The molecule has 0 atom stereocenters. The Morgan fingerprint density at radius 1 is 1.06 bits per heavy atom. The topological polar surface area (TPSA) is 46.5 Å². The van der Waals surface area contributed by atoms with Crippen LogP contribution in [0, 0.1) is 0 Å². The Hall–Kier alpha value is -3.26. The minimum Gasteiger partial charge on any atom is -0.383 e. The summed E-state index contributed by atoms with van der Waals surface area (Å²) in [5.41, 5.74) is 2.53. The third-order valence-electron chi connectivity index (χ3n) is 5.35. The lowest BCUT2D eigenvalue weighted by atomic mass is 10.1. The number of ether oxygens (including phenoxy) is 1. The molecule has 0 aliphatic heterocycles. The predicted molar refractivity (Wildman–Crippen MR) is 122 cm³/mol. The number of hydrogen-bond acceptors (Lipinski definition) is 2. The number of rotatable bonds is 9. The van der Waals surface area contributed by atoms with Crippen molar-refractivity contribution in [1.29, 1.82) is 0 Å². The van der Waals surface area contributed by atoms with Crippen molar-refractivity contribution in [3.63, 3.8) is 0 Å². The van der Waals surface area contributed by atoms with E-state index in [2.05, 4.69) is 12.2 Å². The van der Waals surface area contributed by atoms with Crippen LogP contribution in [-0.2, 0) is 30.4 Å². The Balaban J connectivity index is 1.73. The lowest BCUT2D eigenvalue weighted by molar-refractivity contribution is -0.137. The van der Waals surface area contributed by atoms with Gasteiger partial charge < -0.3 is 19.5 Å². The minimum absolute atomic E-state index is 0.268. The summed E-state index contributed by atoms with van der Waals surface area (Å²) in [6, 6.07) is 16.3. The minimum atomic E-state index is -4.39. The van der Waals surface area contributed by atoms with Gasteiger partial charge in [-0.05, 0) is 53.9 Å². The molecule has 2 aromatic carbocycles. The Labute approximate surface area is 191 Å². The standard InChI is InChI=1S/C25H28F3N3O2/c1-3-19-9-11-22(12-10-19)29-24(32)31(14-15-33-2)18-23-8-5-13-30(23)17-20-6-4-7-21(16-20)25(26,27)28/h4-13,16H,3,14-15,17-18H2,1-2H3,(H,29,32). The number of amides is 2. The maximum Gasteiger partial charge on any atom is 0.416 e. The molecule has 0 saturated heterocycles. The van der Waals surface area contributed by atoms with Crippen molar-refractivity contribution < 1.29 is 22.7 Å². The van der Waals surface area contributed by atoms with E-state index in [-0.39, 0.29) is 19.1 Å². The maximum absolute atomic E-state index is 13.1. The highest BCUT2D eigenvalue weighted by molar-refractivity contribution is 5.89. The highest BCUT2D eigenvalue weighted by Crippen LogP contribution is 2.29. The van der Waals surface area contributed by atoms with Gasteiger partial charge in [0, 0.05) is 37.8 Å². The van der Waals surface area contributed by atoms with E-state index < -0.39 is 11.7 Å². The van der Waals surface area contributed by atoms with Gasteiger partial charge in [-0.2, -0.15) is 13.2 Å². The summed E-state index contributed by atoms with van der Waals surface area (Å²) >= 11 is 0. The number of halogens is 3. The van der Waals surface area contributed by atoms with Crippen molar-refractivity contribution in [3.05, 3.63) is 89.2 Å². The van der Waals surface area contributed by atoms with Gasteiger partial charge in [-0.15, -0.1) is 0 Å². The van der Waals surface area contributed by atoms with Crippen LogP contribution < -0.4 is 5.32 Å². The van der Waals surface area contributed by atoms with Crippen LogP contribution in [0.15, 0.2) is 66.9 Å². The molecule has 1 N–H and O–H groups in total. The normalized spacial score (nSPS) is 11.4. The van der Waals surface area contributed by atoms with Gasteiger partial charge in [0.05, 0.1) is 18.7 Å². The number of urea groups is 1. The summed E-state index contributed by atoms with van der Waals surface area (Å²) in [6.45, 7) is 3.34. The van der Waals surface area contributed by atoms with E-state index in [0.717, 1.165) is 24.2 Å². The van der Waals surface area contributed by atoms with E-state index in [1.54, 1.807) is 24.3 Å². The fourth-order valence-electron chi connectivity index (χ4n) is 3.47. The molecule has 0 aliphatic carbocycles. The molecular weight excluding hydrogens is 431 g/mol. The van der Waals surface area contributed by atoms with Gasteiger partial charge in [-0.3, -0.25) is 0 Å². The molecule has 3 aromatic rings. The van der Waals surface area contributed by atoms with Gasteiger partial charge in [0.1, 0.15) is 0 Å². The number of hydrogen-bond donors (Lipinski definition) is 1. The largest absolute Gasteiger partial charge is 0.416 e. The average Bonchev–Trinajstić information content (AvgIpc) is 3.23. The van der Waals surface area contributed by atoms with Gasteiger partial charge in [0.25, 0.3) is 0 Å². The zero-order valence-corrected chi connectivity index (χ0v) is 18.7. The molecule has 0 fully saturated rings. The van der Waals surface area contributed by atoms with E-state index in [0.29, 0.717) is 24.4 Å². The number of anilines is 1. The highest BCUT2D eigenvalue weighted by atomic mass is 19.4. The molecule has 5 nitrogen and oxygen atoms in total. The molecule has 3 rings (SSSR count). The Morgan fingerprint density at radius 2 is 1.82 bits per heavy atom.